The first kappa shape index (κ1) is 18.8. The predicted molar refractivity (Wildman–Crippen MR) is 109 cm³/mol. The molecule has 2 heterocycles. The van der Waals surface area contributed by atoms with E-state index in [-0.39, 0.29) is 18.6 Å². The molecule has 0 radical (unpaired) electrons. The van der Waals surface area contributed by atoms with Crippen molar-refractivity contribution in [2.45, 2.75) is 18.9 Å². The van der Waals surface area contributed by atoms with Crippen LogP contribution in [0.5, 0.6) is 0 Å². The molecule has 5 nitrogen and oxygen atoms in total. The van der Waals surface area contributed by atoms with Crippen molar-refractivity contribution in [1.82, 2.24) is 9.88 Å². The topological polar surface area (TPSA) is 62.4 Å². The summed E-state index contributed by atoms with van der Waals surface area (Å²) in [5, 5.41) is 1.95. The number of hydrogen-bond acceptors (Lipinski definition) is 3. The Hall–Kier alpha value is -2.50. The number of nitrogens with zero attached hydrogens (tertiary/aromatic N) is 1. The van der Waals surface area contributed by atoms with Crippen molar-refractivity contribution in [2.24, 2.45) is 0 Å². The fourth-order valence-corrected chi connectivity index (χ4v) is 3.91. The summed E-state index contributed by atoms with van der Waals surface area (Å²) in [5.74, 6) is -0.738. The zero-order valence-electron chi connectivity index (χ0n) is 15.0. The molecule has 4 rings (SSSR count). The van der Waals surface area contributed by atoms with Crippen LogP contribution >= 0.6 is 23.2 Å². The molecular formula is C21H18Cl2N2O3. The molecule has 1 aliphatic rings. The molecular weight excluding hydrogens is 399 g/mol. The fourth-order valence-electron chi connectivity index (χ4n) is 3.60. The van der Waals surface area contributed by atoms with Crippen LogP contribution in [-0.2, 0) is 9.53 Å². The van der Waals surface area contributed by atoms with Crippen LogP contribution < -0.4 is 0 Å². The van der Waals surface area contributed by atoms with E-state index < -0.39 is 5.97 Å². The van der Waals surface area contributed by atoms with Crippen molar-refractivity contribution < 1.29 is 14.3 Å². The van der Waals surface area contributed by atoms with Crippen LogP contribution in [0.1, 0.15) is 34.8 Å². The molecule has 0 unspecified atom stereocenters. The second-order valence-electron chi connectivity index (χ2n) is 6.77. The SMILES string of the molecule is O=C(OCC(=O)N1CCC[C@H]1c1ccc(Cl)c(Cl)c1)c1ccc2cc[nH]c2c1. The van der Waals surface area contributed by atoms with E-state index in [0.29, 0.717) is 22.2 Å². The second kappa shape index (κ2) is 7.86. The van der Waals surface area contributed by atoms with Crippen LogP contribution in [0, 0.1) is 0 Å². The zero-order chi connectivity index (χ0) is 19.7. The first-order valence-electron chi connectivity index (χ1n) is 9.01. The van der Waals surface area contributed by atoms with Crippen molar-refractivity contribution in [1.29, 1.82) is 0 Å². The molecule has 144 valence electrons. The highest BCUT2D eigenvalue weighted by molar-refractivity contribution is 6.42. The summed E-state index contributed by atoms with van der Waals surface area (Å²) in [6.07, 6.45) is 3.52. The van der Waals surface area contributed by atoms with Crippen molar-refractivity contribution in [3.63, 3.8) is 0 Å². The van der Waals surface area contributed by atoms with Gasteiger partial charge < -0.3 is 14.6 Å². The molecule has 0 saturated carbocycles. The summed E-state index contributed by atoms with van der Waals surface area (Å²) >= 11 is 12.1. The molecule has 0 spiro atoms. The minimum absolute atomic E-state index is 0.0868. The summed E-state index contributed by atoms with van der Waals surface area (Å²) in [5.41, 5.74) is 2.19. The number of hydrogen-bond donors (Lipinski definition) is 1. The molecule has 1 amide bonds. The van der Waals surface area contributed by atoms with E-state index in [4.69, 9.17) is 27.9 Å². The van der Waals surface area contributed by atoms with Crippen LogP contribution in [0.2, 0.25) is 10.0 Å². The summed E-state index contributed by atoms with van der Waals surface area (Å²) in [6.45, 7) is 0.329. The molecule has 0 bridgehead atoms. The second-order valence-corrected chi connectivity index (χ2v) is 7.59. The number of ether oxygens (including phenoxy) is 1. The maximum absolute atomic E-state index is 12.7. The lowest BCUT2D eigenvalue weighted by Crippen LogP contribution is -2.34. The number of nitrogens with one attached hydrogen (secondary N) is 1. The van der Waals surface area contributed by atoms with Gasteiger partial charge in [0, 0.05) is 18.3 Å². The third-order valence-corrected chi connectivity index (χ3v) is 5.76. The zero-order valence-corrected chi connectivity index (χ0v) is 16.5. The van der Waals surface area contributed by atoms with E-state index in [9.17, 15) is 9.59 Å². The molecule has 1 aliphatic heterocycles. The largest absolute Gasteiger partial charge is 0.452 e. The fraction of sp³-hybridized carbons (Fsp3) is 0.238. The van der Waals surface area contributed by atoms with Crippen molar-refractivity contribution in [3.05, 3.63) is 69.8 Å². The first-order valence-corrected chi connectivity index (χ1v) is 9.77. The number of esters is 1. The van der Waals surface area contributed by atoms with E-state index in [1.807, 2.05) is 18.2 Å². The van der Waals surface area contributed by atoms with Gasteiger partial charge in [-0.3, -0.25) is 4.79 Å². The maximum Gasteiger partial charge on any atom is 0.338 e. The summed E-state index contributed by atoms with van der Waals surface area (Å²) in [7, 11) is 0. The molecule has 1 fully saturated rings. The van der Waals surface area contributed by atoms with E-state index >= 15 is 0 Å². The molecule has 28 heavy (non-hydrogen) atoms. The van der Waals surface area contributed by atoms with Gasteiger partial charge in [-0.2, -0.15) is 0 Å². The first-order chi connectivity index (χ1) is 13.5. The Morgan fingerprint density at radius 3 is 2.79 bits per heavy atom. The standard InChI is InChI=1S/C21H18Cl2N2O3/c22-16-6-5-14(10-17(16)23)19-2-1-9-25(19)20(26)12-28-21(27)15-4-3-13-7-8-24-18(13)11-15/h3-8,10-11,19,24H,1-2,9,12H2/t19-/m0/s1. The highest BCUT2D eigenvalue weighted by atomic mass is 35.5. The van der Waals surface area contributed by atoms with Crippen LogP contribution in [-0.4, -0.2) is 34.9 Å². The normalized spacial score (nSPS) is 16.5. The average molecular weight is 417 g/mol. The van der Waals surface area contributed by atoms with Gasteiger partial charge in [-0.1, -0.05) is 35.3 Å². The van der Waals surface area contributed by atoms with Gasteiger partial charge in [-0.15, -0.1) is 0 Å². The van der Waals surface area contributed by atoms with E-state index in [0.717, 1.165) is 29.3 Å². The quantitative estimate of drug-likeness (QED) is 0.608. The number of aromatic amines is 1. The highest BCUT2D eigenvalue weighted by Crippen LogP contribution is 2.35. The molecule has 1 atom stereocenters. The van der Waals surface area contributed by atoms with Crippen LogP contribution in [0.25, 0.3) is 10.9 Å². The molecule has 1 saturated heterocycles. The summed E-state index contributed by atoms with van der Waals surface area (Å²) in [4.78, 5) is 29.8. The van der Waals surface area contributed by atoms with Gasteiger partial charge in [0.2, 0.25) is 0 Å². The molecule has 2 aromatic carbocycles. The Morgan fingerprint density at radius 2 is 1.96 bits per heavy atom. The van der Waals surface area contributed by atoms with Gasteiger partial charge in [0.25, 0.3) is 5.91 Å². The number of benzene rings is 2. The Bertz CT molecular complexity index is 1050. The number of carbonyl (C=O) groups excluding carboxylic acids is 2. The highest BCUT2D eigenvalue weighted by Gasteiger charge is 2.30. The minimum Gasteiger partial charge on any atom is -0.452 e. The van der Waals surface area contributed by atoms with E-state index in [2.05, 4.69) is 4.98 Å². The maximum atomic E-state index is 12.7. The van der Waals surface area contributed by atoms with Gasteiger partial charge in [-0.05, 0) is 54.1 Å². The number of likely N-dealkylation sites (tertiary alicyclic amines) is 1. The molecule has 1 aromatic heterocycles. The van der Waals surface area contributed by atoms with Crippen LogP contribution in [0.3, 0.4) is 0 Å². The lowest BCUT2D eigenvalue weighted by molar-refractivity contribution is -0.135. The Morgan fingerprint density at radius 1 is 1.11 bits per heavy atom. The smallest absolute Gasteiger partial charge is 0.338 e. The van der Waals surface area contributed by atoms with Gasteiger partial charge >= 0.3 is 5.97 Å². The average Bonchev–Trinajstić information content (AvgIpc) is 3.36. The van der Waals surface area contributed by atoms with Gasteiger partial charge in [0.05, 0.1) is 21.7 Å². The molecule has 0 aliphatic carbocycles. The third-order valence-electron chi connectivity index (χ3n) is 5.02. The van der Waals surface area contributed by atoms with Gasteiger partial charge in [0.15, 0.2) is 6.61 Å². The monoisotopic (exact) mass is 416 g/mol. The van der Waals surface area contributed by atoms with Crippen molar-refractivity contribution >= 4 is 46.0 Å². The summed E-state index contributed by atoms with van der Waals surface area (Å²) < 4.78 is 5.26. The molecule has 1 N–H and O–H groups in total. The van der Waals surface area contributed by atoms with E-state index in [1.165, 1.54) is 0 Å². The van der Waals surface area contributed by atoms with Crippen LogP contribution in [0.15, 0.2) is 48.7 Å². The summed E-state index contributed by atoms with van der Waals surface area (Å²) in [6, 6.07) is 12.5. The van der Waals surface area contributed by atoms with E-state index in [1.54, 1.807) is 35.4 Å². The molecule has 7 heteroatoms. The Kier molecular flexibility index (Phi) is 5.29. The van der Waals surface area contributed by atoms with Crippen molar-refractivity contribution in [2.75, 3.05) is 13.2 Å². The Labute approximate surface area is 172 Å². The van der Waals surface area contributed by atoms with Crippen LogP contribution in [0.4, 0.5) is 0 Å². The van der Waals surface area contributed by atoms with Gasteiger partial charge in [-0.25, -0.2) is 4.79 Å². The number of fused-ring (bicyclic) bond motifs is 1. The number of halogens is 2. The number of carbonyl (C=O) groups is 2. The number of aromatic nitrogens is 1. The third kappa shape index (κ3) is 3.73. The predicted octanol–water partition coefficient (Wildman–Crippen LogP) is 5.00. The lowest BCUT2D eigenvalue weighted by Gasteiger charge is -2.25. The van der Waals surface area contributed by atoms with Gasteiger partial charge in [0.1, 0.15) is 0 Å². The van der Waals surface area contributed by atoms with Crippen molar-refractivity contribution in [3.8, 4) is 0 Å². The number of amides is 1. The minimum atomic E-state index is -0.518. The number of rotatable bonds is 4. The number of H-pyrrole nitrogens is 1. The Balaban J connectivity index is 1.42. The lowest BCUT2D eigenvalue weighted by atomic mass is 10.0. The molecule has 3 aromatic rings.